The van der Waals surface area contributed by atoms with Crippen molar-refractivity contribution in [2.24, 2.45) is 5.92 Å². The number of hydrogen-bond acceptors (Lipinski definition) is 4. The lowest BCUT2D eigenvalue weighted by Crippen LogP contribution is -2.36. The van der Waals surface area contributed by atoms with Gasteiger partial charge in [0.15, 0.2) is 0 Å². The Labute approximate surface area is 128 Å². The van der Waals surface area contributed by atoms with E-state index < -0.39 is 10.0 Å². The molecule has 2 N–H and O–H groups in total. The summed E-state index contributed by atoms with van der Waals surface area (Å²) in [6.07, 6.45) is 0.907. The predicted octanol–water partition coefficient (Wildman–Crippen LogP) is 2.00. The van der Waals surface area contributed by atoms with E-state index in [0.29, 0.717) is 12.4 Å². The molecule has 0 radical (unpaired) electrons. The van der Waals surface area contributed by atoms with Crippen molar-refractivity contribution in [3.63, 3.8) is 0 Å². The Kier molecular flexibility index (Phi) is 7.14. The highest BCUT2D eigenvalue weighted by molar-refractivity contribution is 7.89. The largest absolute Gasteiger partial charge is 0.494 e. The summed E-state index contributed by atoms with van der Waals surface area (Å²) in [5.41, 5.74) is 0. The van der Waals surface area contributed by atoms with Crippen LogP contribution in [-0.4, -0.2) is 34.7 Å². The summed E-state index contributed by atoms with van der Waals surface area (Å²) < 4.78 is 32.6. The van der Waals surface area contributed by atoms with Gasteiger partial charge in [-0.3, -0.25) is 0 Å². The minimum Gasteiger partial charge on any atom is -0.494 e. The van der Waals surface area contributed by atoms with Crippen molar-refractivity contribution in [3.05, 3.63) is 24.3 Å². The van der Waals surface area contributed by atoms with Crippen LogP contribution in [0.1, 0.15) is 27.2 Å². The van der Waals surface area contributed by atoms with Crippen LogP contribution in [0.3, 0.4) is 0 Å². The van der Waals surface area contributed by atoms with Crippen LogP contribution < -0.4 is 14.8 Å². The predicted molar refractivity (Wildman–Crippen MR) is 85.1 cm³/mol. The zero-order valence-electron chi connectivity index (χ0n) is 13.2. The van der Waals surface area contributed by atoms with Gasteiger partial charge in [0.1, 0.15) is 5.75 Å². The van der Waals surface area contributed by atoms with Gasteiger partial charge in [0.05, 0.1) is 11.5 Å². The molecule has 0 bridgehead atoms. The average molecular weight is 314 g/mol. The third-order valence-electron chi connectivity index (χ3n) is 3.31. The molecule has 0 spiro atoms. The Balaban J connectivity index is 2.64. The molecule has 21 heavy (non-hydrogen) atoms. The van der Waals surface area contributed by atoms with Crippen molar-refractivity contribution in [3.8, 4) is 5.75 Å². The second-order valence-electron chi connectivity index (χ2n) is 5.43. The molecule has 1 atom stereocenters. The Morgan fingerprint density at radius 1 is 1.14 bits per heavy atom. The van der Waals surface area contributed by atoms with Gasteiger partial charge in [-0.2, -0.15) is 0 Å². The van der Waals surface area contributed by atoms with E-state index in [0.717, 1.165) is 13.0 Å². The maximum atomic E-state index is 12.2. The Hall–Kier alpha value is -1.11. The molecule has 1 rings (SSSR count). The molecule has 1 unspecified atom stereocenters. The van der Waals surface area contributed by atoms with Gasteiger partial charge >= 0.3 is 0 Å². The van der Waals surface area contributed by atoms with E-state index >= 15 is 0 Å². The molecule has 0 heterocycles. The monoisotopic (exact) mass is 314 g/mol. The molecule has 1 aromatic carbocycles. The number of rotatable bonds is 9. The standard InChI is InChI=1S/C15H26N2O3S/c1-12(2)13(3)17-21(18,19)15-8-6-14(7-9-15)20-11-5-10-16-4/h6-9,12-13,16-17H,5,10-11H2,1-4H3. The third-order valence-corrected chi connectivity index (χ3v) is 4.89. The van der Waals surface area contributed by atoms with Crippen molar-refractivity contribution in [1.82, 2.24) is 10.0 Å². The number of sulfonamides is 1. The van der Waals surface area contributed by atoms with Crippen LogP contribution in [0.2, 0.25) is 0 Å². The zero-order valence-corrected chi connectivity index (χ0v) is 14.0. The minimum atomic E-state index is -3.47. The summed E-state index contributed by atoms with van der Waals surface area (Å²) in [5.74, 6) is 0.927. The van der Waals surface area contributed by atoms with Gasteiger partial charge < -0.3 is 10.1 Å². The van der Waals surface area contributed by atoms with Crippen LogP contribution in [-0.2, 0) is 10.0 Å². The highest BCUT2D eigenvalue weighted by Gasteiger charge is 2.19. The van der Waals surface area contributed by atoms with Crippen LogP contribution in [0.25, 0.3) is 0 Å². The minimum absolute atomic E-state index is 0.104. The van der Waals surface area contributed by atoms with E-state index in [1.165, 1.54) is 0 Å². The lowest BCUT2D eigenvalue weighted by Gasteiger charge is -2.17. The van der Waals surface area contributed by atoms with Gasteiger partial charge in [-0.25, -0.2) is 13.1 Å². The van der Waals surface area contributed by atoms with Crippen molar-refractivity contribution >= 4 is 10.0 Å². The number of ether oxygens (including phenoxy) is 1. The van der Waals surface area contributed by atoms with Crippen LogP contribution in [0, 0.1) is 5.92 Å². The fraction of sp³-hybridized carbons (Fsp3) is 0.600. The molecule has 120 valence electrons. The van der Waals surface area contributed by atoms with Gasteiger partial charge in [0.25, 0.3) is 0 Å². The SMILES string of the molecule is CNCCCOc1ccc(S(=O)(=O)NC(C)C(C)C)cc1. The first kappa shape index (κ1) is 17.9. The smallest absolute Gasteiger partial charge is 0.240 e. The van der Waals surface area contributed by atoms with Gasteiger partial charge in [-0.1, -0.05) is 13.8 Å². The molecule has 0 saturated carbocycles. The Bertz CT molecular complexity index is 512. The highest BCUT2D eigenvalue weighted by Crippen LogP contribution is 2.17. The molecule has 0 aliphatic carbocycles. The van der Waals surface area contributed by atoms with Crippen LogP contribution in [0.4, 0.5) is 0 Å². The summed E-state index contributed by atoms with van der Waals surface area (Å²) in [6.45, 7) is 7.32. The topological polar surface area (TPSA) is 67.4 Å². The molecular weight excluding hydrogens is 288 g/mol. The van der Waals surface area contributed by atoms with Crippen molar-refractivity contribution in [2.75, 3.05) is 20.2 Å². The molecule has 0 aliphatic rings. The van der Waals surface area contributed by atoms with E-state index in [4.69, 9.17) is 4.74 Å². The van der Waals surface area contributed by atoms with E-state index in [1.807, 2.05) is 27.8 Å². The molecule has 0 amide bonds. The van der Waals surface area contributed by atoms with E-state index in [-0.39, 0.29) is 16.9 Å². The molecule has 6 heteroatoms. The number of benzene rings is 1. The highest BCUT2D eigenvalue weighted by atomic mass is 32.2. The average Bonchev–Trinajstić information content (AvgIpc) is 2.43. The first-order chi connectivity index (χ1) is 9.86. The number of nitrogens with one attached hydrogen (secondary N) is 2. The summed E-state index contributed by atoms with van der Waals surface area (Å²) in [5, 5.41) is 3.04. The first-order valence-electron chi connectivity index (χ1n) is 7.26. The zero-order chi connectivity index (χ0) is 15.9. The van der Waals surface area contributed by atoms with E-state index in [2.05, 4.69) is 10.0 Å². The molecule has 0 fully saturated rings. The van der Waals surface area contributed by atoms with Crippen LogP contribution >= 0.6 is 0 Å². The van der Waals surface area contributed by atoms with Crippen molar-refractivity contribution in [1.29, 1.82) is 0 Å². The molecule has 0 aromatic heterocycles. The summed E-state index contributed by atoms with van der Waals surface area (Å²) in [4.78, 5) is 0.262. The van der Waals surface area contributed by atoms with Crippen molar-refractivity contribution in [2.45, 2.75) is 38.1 Å². The summed E-state index contributed by atoms with van der Waals surface area (Å²) in [7, 11) is -1.57. The van der Waals surface area contributed by atoms with E-state index in [9.17, 15) is 8.42 Å². The van der Waals surface area contributed by atoms with Crippen LogP contribution in [0.15, 0.2) is 29.2 Å². The van der Waals surface area contributed by atoms with Crippen molar-refractivity contribution < 1.29 is 13.2 Å². The van der Waals surface area contributed by atoms with Gasteiger partial charge in [0, 0.05) is 6.04 Å². The fourth-order valence-corrected chi connectivity index (χ4v) is 2.99. The molecule has 1 aromatic rings. The quantitative estimate of drug-likeness (QED) is 0.684. The van der Waals surface area contributed by atoms with Gasteiger partial charge in [0.2, 0.25) is 10.0 Å². The Morgan fingerprint density at radius 2 is 1.76 bits per heavy atom. The molecular formula is C15H26N2O3S. The first-order valence-corrected chi connectivity index (χ1v) is 8.75. The second kappa shape index (κ2) is 8.36. The molecule has 0 aliphatic heterocycles. The normalized spacial score (nSPS) is 13.4. The van der Waals surface area contributed by atoms with Gasteiger partial charge in [-0.15, -0.1) is 0 Å². The molecule has 0 saturated heterocycles. The maximum absolute atomic E-state index is 12.2. The number of hydrogen-bond donors (Lipinski definition) is 2. The lowest BCUT2D eigenvalue weighted by atomic mass is 10.1. The fourth-order valence-electron chi connectivity index (χ4n) is 1.60. The summed E-state index contributed by atoms with van der Waals surface area (Å²) >= 11 is 0. The van der Waals surface area contributed by atoms with E-state index in [1.54, 1.807) is 24.3 Å². The maximum Gasteiger partial charge on any atom is 0.240 e. The molecule has 5 nitrogen and oxygen atoms in total. The third kappa shape index (κ3) is 6.03. The summed E-state index contributed by atoms with van der Waals surface area (Å²) in [6, 6.07) is 6.42. The van der Waals surface area contributed by atoms with Gasteiger partial charge in [-0.05, 0) is 57.1 Å². The second-order valence-corrected chi connectivity index (χ2v) is 7.14. The lowest BCUT2D eigenvalue weighted by molar-refractivity contribution is 0.309. The van der Waals surface area contributed by atoms with Crippen LogP contribution in [0.5, 0.6) is 5.75 Å². The Morgan fingerprint density at radius 3 is 2.29 bits per heavy atom.